The Bertz CT molecular complexity index is 1330. The van der Waals surface area contributed by atoms with Crippen LogP contribution in [0.1, 0.15) is 79.7 Å². The Morgan fingerprint density at radius 3 is 2.02 bits per heavy atom. The molecule has 53 heavy (non-hydrogen) atoms. The fourth-order valence-corrected chi connectivity index (χ4v) is 7.76. The molecule has 3 N–H and O–H groups in total. The first-order valence-electron chi connectivity index (χ1n) is 19.1. The van der Waals surface area contributed by atoms with E-state index in [0.29, 0.717) is 19.4 Å². The molecular formula is C40H67N5O8. The monoisotopic (exact) mass is 745 g/mol. The molecule has 0 bridgehead atoms. The van der Waals surface area contributed by atoms with Crippen LogP contribution in [-0.4, -0.2) is 134 Å². The van der Waals surface area contributed by atoms with Gasteiger partial charge < -0.3 is 35.0 Å². The molecule has 9 atom stereocenters. The van der Waals surface area contributed by atoms with E-state index >= 15 is 0 Å². The molecule has 0 aliphatic carbocycles. The van der Waals surface area contributed by atoms with E-state index in [2.05, 4.69) is 10.6 Å². The van der Waals surface area contributed by atoms with Crippen LogP contribution in [0.25, 0.3) is 0 Å². The third-order valence-electron chi connectivity index (χ3n) is 10.8. The molecule has 1 aliphatic rings. The average molecular weight is 746 g/mol. The van der Waals surface area contributed by atoms with Crippen molar-refractivity contribution in [2.24, 2.45) is 23.7 Å². The van der Waals surface area contributed by atoms with Gasteiger partial charge in [0.2, 0.25) is 23.6 Å². The zero-order valence-corrected chi connectivity index (χ0v) is 34.1. The number of carbonyl (C=O) groups is 5. The minimum absolute atomic E-state index is 0.0104. The number of carboxylic acid groups (broad SMARTS) is 1. The minimum atomic E-state index is -1.14. The van der Waals surface area contributed by atoms with Crippen LogP contribution < -0.4 is 10.6 Å². The van der Waals surface area contributed by atoms with Gasteiger partial charge in [0.05, 0.1) is 42.7 Å². The predicted octanol–water partition coefficient (Wildman–Crippen LogP) is 3.45. The van der Waals surface area contributed by atoms with Crippen molar-refractivity contribution >= 4 is 29.6 Å². The van der Waals surface area contributed by atoms with Crippen molar-refractivity contribution in [2.75, 3.05) is 41.9 Å². The Morgan fingerprint density at radius 2 is 1.53 bits per heavy atom. The number of nitrogens with zero attached hydrogens (tertiary/aromatic N) is 3. The molecule has 2 unspecified atom stereocenters. The fourth-order valence-electron chi connectivity index (χ4n) is 7.76. The molecule has 0 aromatic heterocycles. The number of methoxy groups -OCH3 is 2. The zero-order chi connectivity index (χ0) is 40.2. The number of likely N-dealkylation sites (N-methyl/N-ethyl adjacent to an activating group) is 2. The first-order chi connectivity index (χ1) is 24.9. The number of benzene rings is 1. The van der Waals surface area contributed by atoms with Crippen molar-refractivity contribution in [1.29, 1.82) is 0 Å². The molecule has 2 rings (SSSR count). The zero-order valence-electron chi connectivity index (χ0n) is 34.1. The summed E-state index contributed by atoms with van der Waals surface area (Å²) in [6, 6.07) is 5.89. The second-order valence-electron chi connectivity index (χ2n) is 15.6. The van der Waals surface area contributed by atoms with E-state index in [4.69, 9.17) is 9.47 Å². The van der Waals surface area contributed by atoms with E-state index in [1.807, 2.05) is 90.9 Å². The second-order valence-corrected chi connectivity index (χ2v) is 15.6. The Kier molecular flexibility index (Phi) is 18.4. The Labute approximate surface area is 317 Å². The van der Waals surface area contributed by atoms with Gasteiger partial charge in [-0.2, -0.15) is 0 Å². The molecule has 0 spiro atoms. The number of hydrogen-bond acceptors (Lipinski definition) is 8. The summed E-state index contributed by atoms with van der Waals surface area (Å²) >= 11 is 0. The Morgan fingerprint density at radius 1 is 0.906 bits per heavy atom. The quantitative estimate of drug-likeness (QED) is 0.172. The summed E-state index contributed by atoms with van der Waals surface area (Å²) in [5.74, 6) is -3.21. The van der Waals surface area contributed by atoms with Crippen LogP contribution in [0, 0.1) is 23.7 Å². The van der Waals surface area contributed by atoms with Gasteiger partial charge in [0, 0.05) is 34.2 Å². The number of ether oxygens (including phenoxy) is 2. The highest BCUT2D eigenvalue weighted by Crippen LogP contribution is 2.30. The van der Waals surface area contributed by atoms with E-state index < -0.39 is 60.2 Å². The third kappa shape index (κ3) is 12.2. The van der Waals surface area contributed by atoms with Gasteiger partial charge in [-0.05, 0) is 50.3 Å². The van der Waals surface area contributed by atoms with E-state index in [1.54, 1.807) is 23.8 Å². The average Bonchev–Trinajstić information content (AvgIpc) is 3.59. The summed E-state index contributed by atoms with van der Waals surface area (Å²) in [7, 11) is 8.44. The molecule has 1 fully saturated rings. The largest absolute Gasteiger partial charge is 0.480 e. The number of rotatable bonds is 21. The molecule has 1 aromatic rings. The number of hydrogen-bond donors (Lipinski definition) is 3. The Balaban J connectivity index is 2.27. The maximum Gasteiger partial charge on any atom is 0.326 e. The minimum Gasteiger partial charge on any atom is -0.480 e. The normalized spacial score (nSPS) is 19.2. The van der Waals surface area contributed by atoms with E-state index in [-0.39, 0.29) is 48.3 Å². The van der Waals surface area contributed by atoms with Gasteiger partial charge in [0.1, 0.15) is 12.1 Å². The van der Waals surface area contributed by atoms with Crippen molar-refractivity contribution in [3.8, 4) is 0 Å². The lowest BCUT2D eigenvalue weighted by atomic mass is 9.89. The fraction of sp³-hybridized carbons (Fsp3) is 0.725. The van der Waals surface area contributed by atoms with E-state index in [1.165, 1.54) is 14.2 Å². The van der Waals surface area contributed by atoms with Gasteiger partial charge in [0.25, 0.3) is 0 Å². The number of nitrogens with one attached hydrogen (secondary N) is 2. The number of aliphatic carboxylic acids is 1. The van der Waals surface area contributed by atoms with Gasteiger partial charge in [-0.3, -0.25) is 24.1 Å². The standard InChI is InChI=1S/C40H67N5O8/c1-13-26(6)35(44(10)39(49)33(24(2)3)42-38(48)34(25(4)5)43(8)9)31(52-11)23-32(46)45-21-17-20-30(45)36(53-12)27(7)37(47)41-29(40(50)51)22-28-18-15-14-16-19-28/h14-16,18-19,24-27,29-31,33-36H,13,17,20-23H2,1-12H3,(H,41,47)(H,42,48)(H,50,51)/t26-,27+,29?,30-,31+,33-,34?,35-,36+/m0/s1. The molecule has 13 heteroatoms. The number of amides is 4. The molecule has 1 saturated heterocycles. The molecule has 1 aromatic carbocycles. The lowest BCUT2D eigenvalue weighted by molar-refractivity contribution is -0.148. The van der Waals surface area contributed by atoms with E-state index in [9.17, 15) is 29.1 Å². The Hall–Kier alpha value is -3.55. The molecule has 13 nitrogen and oxygen atoms in total. The van der Waals surface area contributed by atoms with Crippen LogP contribution in [0.15, 0.2) is 30.3 Å². The second kappa shape index (κ2) is 21.4. The van der Waals surface area contributed by atoms with Gasteiger partial charge in [-0.1, -0.05) is 85.2 Å². The van der Waals surface area contributed by atoms with Gasteiger partial charge in [-0.25, -0.2) is 4.79 Å². The summed E-state index contributed by atoms with van der Waals surface area (Å²) in [6.07, 6.45) is 0.820. The van der Waals surface area contributed by atoms with Crippen molar-refractivity contribution in [3.63, 3.8) is 0 Å². The van der Waals surface area contributed by atoms with Crippen LogP contribution in [-0.2, 0) is 39.9 Å². The highest BCUT2D eigenvalue weighted by atomic mass is 16.5. The molecule has 0 saturated carbocycles. The van der Waals surface area contributed by atoms with E-state index in [0.717, 1.165) is 12.0 Å². The van der Waals surface area contributed by atoms with Crippen molar-refractivity contribution in [1.82, 2.24) is 25.3 Å². The van der Waals surface area contributed by atoms with Crippen molar-refractivity contribution in [3.05, 3.63) is 35.9 Å². The highest BCUT2D eigenvalue weighted by Gasteiger charge is 2.43. The SMILES string of the molecule is CC[C@H](C)[C@@H]([C@@H](CC(=O)N1CCC[C@H]1[C@H](OC)[C@@H](C)C(=O)NC(Cc1ccccc1)C(=O)O)OC)N(C)C(=O)[C@@H](NC(=O)C(C(C)C)N(C)C)C(C)C. The summed E-state index contributed by atoms with van der Waals surface area (Å²) in [5.41, 5.74) is 0.785. The summed E-state index contributed by atoms with van der Waals surface area (Å²) in [4.78, 5) is 72.5. The summed E-state index contributed by atoms with van der Waals surface area (Å²) in [5, 5.41) is 15.6. The molecule has 0 radical (unpaired) electrons. The maximum atomic E-state index is 14.2. The van der Waals surface area contributed by atoms with Crippen molar-refractivity contribution in [2.45, 2.75) is 123 Å². The molecular weight excluding hydrogens is 678 g/mol. The number of carboxylic acids is 1. The smallest absolute Gasteiger partial charge is 0.326 e. The molecule has 4 amide bonds. The number of carbonyl (C=O) groups excluding carboxylic acids is 4. The molecule has 1 aliphatic heterocycles. The van der Waals surface area contributed by atoms with Crippen LogP contribution in [0.3, 0.4) is 0 Å². The molecule has 300 valence electrons. The topological polar surface area (TPSA) is 158 Å². The molecule has 1 heterocycles. The lowest BCUT2D eigenvalue weighted by Crippen LogP contribution is -2.59. The van der Waals surface area contributed by atoms with Crippen LogP contribution in [0.4, 0.5) is 0 Å². The predicted molar refractivity (Wildman–Crippen MR) is 205 cm³/mol. The van der Waals surface area contributed by atoms with Gasteiger partial charge in [0.15, 0.2) is 0 Å². The number of likely N-dealkylation sites (tertiary alicyclic amines) is 1. The highest BCUT2D eigenvalue weighted by molar-refractivity contribution is 5.90. The summed E-state index contributed by atoms with van der Waals surface area (Å²) < 4.78 is 11.9. The van der Waals surface area contributed by atoms with Crippen molar-refractivity contribution < 1.29 is 38.6 Å². The van der Waals surface area contributed by atoms with Crippen LogP contribution in [0.5, 0.6) is 0 Å². The van der Waals surface area contributed by atoms with Crippen LogP contribution in [0.2, 0.25) is 0 Å². The van der Waals surface area contributed by atoms with Gasteiger partial charge >= 0.3 is 5.97 Å². The van der Waals surface area contributed by atoms with Gasteiger partial charge in [-0.15, -0.1) is 0 Å². The first kappa shape index (κ1) is 45.6. The summed E-state index contributed by atoms with van der Waals surface area (Å²) in [6.45, 7) is 13.9. The maximum absolute atomic E-state index is 14.2. The third-order valence-corrected chi connectivity index (χ3v) is 10.8. The first-order valence-corrected chi connectivity index (χ1v) is 19.1. The van der Waals surface area contributed by atoms with Crippen LogP contribution >= 0.6 is 0 Å². The lowest BCUT2D eigenvalue weighted by Gasteiger charge is -2.41.